The normalized spacial score (nSPS) is 11.1. The van der Waals surface area contributed by atoms with E-state index in [1.165, 1.54) is 6.07 Å². The predicted octanol–water partition coefficient (Wildman–Crippen LogP) is 5.79. The molecule has 118 valence electrons. The Labute approximate surface area is 144 Å². The second-order valence-electron chi connectivity index (χ2n) is 5.77. The van der Waals surface area contributed by atoms with E-state index in [4.69, 9.17) is 11.6 Å². The van der Waals surface area contributed by atoms with E-state index >= 15 is 0 Å². The van der Waals surface area contributed by atoms with Crippen molar-refractivity contribution in [3.63, 3.8) is 0 Å². The first-order valence-electron chi connectivity index (χ1n) is 7.62. The molecule has 0 amide bonds. The van der Waals surface area contributed by atoms with Gasteiger partial charge in [-0.25, -0.2) is 9.07 Å². The molecular formula is C20H14ClFN2. The van der Waals surface area contributed by atoms with Crippen LogP contribution in [0.3, 0.4) is 0 Å². The summed E-state index contributed by atoms with van der Waals surface area (Å²) in [7, 11) is 0. The van der Waals surface area contributed by atoms with Crippen molar-refractivity contribution < 1.29 is 4.39 Å². The molecule has 4 heteroatoms. The van der Waals surface area contributed by atoms with Crippen LogP contribution in [-0.2, 0) is 0 Å². The highest BCUT2D eigenvalue weighted by Crippen LogP contribution is 2.27. The van der Waals surface area contributed by atoms with Gasteiger partial charge in [-0.15, -0.1) is 0 Å². The van der Waals surface area contributed by atoms with E-state index in [0.29, 0.717) is 5.56 Å². The van der Waals surface area contributed by atoms with E-state index in [2.05, 4.69) is 17.2 Å². The number of rotatable bonds is 2. The summed E-state index contributed by atoms with van der Waals surface area (Å²) in [6.07, 6.45) is 1.83. The van der Waals surface area contributed by atoms with E-state index in [1.54, 1.807) is 19.1 Å². The van der Waals surface area contributed by atoms with E-state index < -0.39 is 0 Å². The number of halogens is 2. The molecule has 0 aliphatic carbocycles. The molecule has 0 N–H and O–H groups in total. The fourth-order valence-electron chi connectivity index (χ4n) is 2.82. The Hall–Kier alpha value is -2.65. The topological polar surface area (TPSA) is 17.8 Å². The Bertz CT molecular complexity index is 1040. The second kappa shape index (κ2) is 5.77. The fourth-order valence-corrected chi connectivity index (χ4v) is 2.95. The monoisotopic (exact) mass is 336 g/mol. The molecule has 0 saturated heterocycles. The highest BCUT2D eigenvalue weighted by molar-refractivity contribution is 6.30. The summed E-state index contributed by atoms with van der Waals surface area (Å²) >= 11 is 5.95. The Kier molecular flexibility index (Phi) is 3.58. The van der Waals surface area contributed by atoms with E-state index in [1.807, 2.05) is 41.2 Å². The zero-order chi connectivity index (χ0) is 16.7. The summed E-state index contributed by atoms with van der Waals surface area (Å²) in [6.45, 7) is 1.75. The van der Waals surface area contributed by atoms with Crippen molar-refractivity contribution in [2.24, 2.45) is 0 Å². The number of nitrogens with zero attached hydrogens (tertiary/aromatic N) is 2. The molecule has 1 aromatic heterocycles. The third kappa shape index (κ3) is 2.57. The lowest BCUT2D eigenvalue weighted by Crippen LogP contribution is -1.97. The number of aromatic nitrogens is 2. The summed E-state index contributed by atoms with van der Waals surface area (Å²) in [6, 6.07) is 19.0. The van der Waals surface area contributed by atoms with Crippen LogP contribution in [0.5, 0.6) is 0 Å². The summed E-state index contributed by atoms with van der Waals surface area (Å²) in [4.78, 5) is 0. The minimum absolute atomic E-state index is 0.208. The van der Waals surface area contributed by atoms with Gasteiger partial charge in [-0.2, -0.15) is 5.10 Å². The van der Waals surface area contributed by atoms with Crippen LogP contribution >= 0.6 is 11.6 Å². The zero-order valence-corrected chi connectivity index (χ0v) is 13.8. The third-order valence-electron chi connectivity index (χ3n) is 4.13. The number of aryl methyl sites for hydroxylation is 1. The molecule has 0 unspecified atom stereocenters. The molecule has 0 saturated carbocycles. The van der Waals surface area contributed by atoms with Crippen LogP contribution in [0.4, 0.5) is 4.39 Å². The van der Waals surface area contributed by atoms with Gasteiger partial charge in [-0.1, -0.05) is 29.8 Å². The molecule has 0 aliphatic rings. The second-order valence-corrected chi connectivity index (χ2v) is 6.21. The van der Waals surface area contributed by atoms with Crippen molar-refractivity contribution in [2.75, 3.05) is 0 Å². The molecule has 4 rings (SSSR count). The average molecular weight is 337 g/mol. The SMILES string of the molecule is Cc1cc(-n2ncc3cc(-c4ccc(Cl)cc4)ccc32)ccc1F. The Morgan fingerprint density at radius 1 is 0.917 bits per heavy atom. The highest BCUT2D eigenvalue weighted by atomic mass is 35.5. The van der Waals surface area contributed by atoms with Crippen molar-refractivity contribution in [1.29, 1.82) is 0 Å². The maximum absolute atomic E-state index is 13.5. The van der Waals surface area contributed by atoms with Crippen molar-refractivity contribution >= 4 is 22.5 Å². The molecule has 3 aromatic carbocycles. The summed E-state index contributed by atoms with van der Waals surface area (Å²) in [5.41, 5.74) is 4.65. The van der Waals surface area contributed by atoms with E-state index in [-0.39, 0.29) is 5.82 Å². The molecule has 0 fully saturated rings. The Balaban J connectivity index is 1.80. The number of hydrogen-bond donors (Lipinski definition) is 0. The first kappa shape index (κ1) is 14.9. The minimum Gasteiger partial charge on any atom is -0.233 e. The van der Waals surface area contributed by atoms with Crippen LogP contribution < -0.4 is 0 Å². The van der Waals surface area contributed by atoms with Gasteiger partial charge in [0.15, 0.2) is 0 Å². The first-order valence-corrected chi connectivity index (χ1v) is 8.00. The Morgan fingerprint density at radius 3 is 2.42 bits per heavy atom. The van der Waals surface area contributed by atoms with Crippen LogP contribution in [0.15, 0.2) is 66.9 Å². The zero-order valence-electron chi connectivity index (χ0n) is 13.0. The van der Waals surface area contributed by atoms with Gasteiger partial charge < -0.3 is 0 Å². The van der Waals surface area contributed by atoms with Crippen LogP contribution in [-0.4, -0.2) is 9.78 Å². The lowest BCUT2D eigenvalue weighted by Gasteiger charge is -2.07. The maximum atomic E-state index is 13.5. The summed E-state index contributed by atoms with van der Waals surface area (Å²) < 4.78 is 15.3. The standard InChI is InChI=1S/C20H14ClFN2/c1-13-10-18(7-8-19(13)22)24-20-9-4-15(11-16(20)12-23-24)14-2-5-17(21)6-3-14/h2-12H,1H3. The van der Waals surface area contributed by atoms with Crippen molar-refractivity contribution in [2.45, 2.75) is 6.92 Å². The van der Waals surface area contributed by atoms with Crippen molar-refractivity contribution in [3.8, 4) is 16.8 Å². The van der Waals surface area contributed by atoms with Gasteiger partial charge in [0, 0.05) is 10.4 Å². The molecule has 0 radical (unpaired) electrons. The maximum Gasteiger partial charge on any atom is 0.126 e. The quantitative estimate of drug-likeness (QED) is 0.453. The summed E-state index contributed by atoms with van der Waals surface area (Å²) in [5.74, 6) is -0.208. The number of hydrogen-bond acceptors (Lipinski definition) is 1. The van der Waals surface area contributed by atoms with E-state index in [9.17, 15) is 4.39 Å². The van der Waals surface area contributed by atoms with Gasteiger partial charge >= 0.3 is 0 Å². The van der Waals surface area contributed by atoms with Gasteiger partial charge in [0.25, 0.3) is 0 Å². The van der Waals surface area contributed by atoms with E-state index in [0.717, 1.165) is 32.7 Å². The molecule has 0 atom stereocenters. The van der Waals surface area contributed by atoms with Crippen LogP contribution in [0.25, 0.3) is 27.7 Å². The van der Waals surface area contributed by atoms with Gasteiger partial charge in [0.1, 0.15) is 5.82 Å². The minimum atomic E-state index is -0.208. The summed E-state index contributed by atoms with van der Waals surface area (Å²) in [5, 5.41) is 6.21. The first-order chi connectivity index (χ1) is 11.6. The molecule has 24 heavy (non-hydrogen) atoms. The lowest BCUT2D eigenvalue weighted by atomic mass is 10.0. The third-order valence-corrected chi connectivity index (χ3v) is 4.38. The Morgan fingerprint density at radius 2 is 1.67 bits per heavy atom. The predicted molar refractivity (Wildman–Crippen MR) is 96.2 cm³/mol. The van der Waals surface area contributed by atoms with Gasteiger partial charge in [-0.3, -0.25) is 0 Å². The smallest absolute Gasteiger partial charge is 0.126 e. The van der Waals surface area contributed by atoms with Gasteiger partial charge in [0.2, 0.25) is 0 Å². The van der Waals surface area contributed by atoms with Gasteiger partial charge in [-0.05, 0) is 66.1 Å². The lowest BCUT2D eigenvalue weighted by molar-refractivity contribution is 0.617. The molecule has 0 bridgehead atoms. The molecular weight excluding hydrogens is 323 g/mol. The average Bonchev–Trinajstić information content (AvgIpc) is 3.01. The van der Waals surface area contributed by atoms with Gasteiger partial charge in [0.05, 0.1) is 17.4 Å². The molecule has 2 nitrogen and oxygen atoms in total. The largest absolute Gasteiger partial charge is 0.233 e. The van der Waals surface area contributed by atoms with Crippen LogP contribution in [0.1, 0.15) is 5.56 Å². The van der Waals surface area contributed by atoms with Crippen LogP contribution in [0.2, 0.25) is 5.02 Å². The number of benzene rings is 3. The number of fused-ring (bicyclic) bond motifs is 1. The molecule has 0 aliphatic heterocycles. The van der Waals surface area contributed by atoms with Crippen molar-refractivity contribution in [1.82, 2.24) is 9.78 Å². The molecule has 4 aromatic rings. The van der Waals surface area contributed by atoms with Crippen molar-refractivity contribution in [3.05, 3.63) is 83.3 Å². The van der Waals surface area contributed by atoms with Crippen LogP contribution in [0, 0.1) is 12.7 Å². The molecule has 0 spiro atoms. The molecule has 1 heterocycles. The highest BCUT2D eigenvalue weighted by Gasteiger charge is 2.08. The fraction of sp³-hybridized carbons (Fsp3) is 0.0500.